The van der Waals surface area contributed by atoms with Gasteiger partial charge in [-0.15, -0.1) is 0 Å². The molecule has 0 spiro atoms. The highest BCUT2D eigenvalue weighted by atomic mass is 16.2. The molecule has 1 aromatic carbocycles. The first-order chi connectivity index (χ1) is 10.0. The van der Waals surface area contributed by atoms with Gasteiger partial charge in [0.1, 0.15) is 12.3 Å². The van der Waals surface area contributed by atoms with Crippen LogP contribution in [0, 0.1) is 0 Å². The quantitative estimate of drug-likeness (QED) is 0.574. The molecule has 21 heavy (non-hydrogen) atoms. The van der Waals surface area contributed by atoms with E-state index in [2.05, 4.69) is 16.0 Å². The van der Waals surface area contributed by atoms with Crippen molar-refractivity contribution in [3.8, 4) is 0 Å². The zero-order valence-electron chi connectivity index (χ0n) is 11.6. The third kappa shape index (κ3) is 5.85. The summed E-state index contributed by atoms with van der Waals surface area (Å²) in [5.74, 6) is -1.33. The lowest BCUT2D eigenvalue weighted by atomic mass is 10.2. The van der Waals surface area contributed by atoms with Gasteiger partial charge in [0.15, 0.2) is 0 Å². The van der Waals surface area contributed by atoms with Gasteiger partial charge in [0.25, 0.3) is 5.91 Å². The van der Waals surface area contributed by atoms with Crippen LogP contribution in [-0.2, 0) is 14.4 Å². The number of benzene rings is 1. The minimum absolute atomic E-state index is 0.107. The van der Waals surface area contributed by atoms with Gasteiger partial charge in [-0.1, -0.05) is 18.2 Å². The first kappa shape index (κ1) is 16.4. The third-order valence-electron chi connectivity index (χ3n) is 2.58. The topological polar surface area (TPSA) is 104 Å². The summed E-state index contributed by atoms with van der Waals surface area (Å²) in [5.41, 5.74) is 0.446. The molecule has 1 unspecified atom stereocenters. The summed E-state index contributed by atoms with van der Waals surface area (Å²) < 4.78 is 0. The Balaban J connectivity index is 2.35. The second-order valence-corrected chi connectivity index (χ2v) is 4.25. The fourth-order valence-corrected chi connectivity index (χ4v) is 1.51. The van der Waals surface area contributed by atoms with E-state index < -0.39 is 17.9 Å². The molecule has 112 valence electrons. The van der Waals surface area contributed by atoms with Gasteiger partial charge >= 0.3 is 0 Å². The first-order valence-electron chi connectivity index (χ1n) is 6.38. The van der Waals surface area contributed by atoms with E-state index in [0.717, 1.165) is 0 Å². The maximum absolute atomic E-state index is 11.7. The summed E-state index contributed by atoms with van der Waals surface area (Å²) in [7, 11) is 0. The minimum Gasteiger partial charge on any atom is -0.348 e. The number of nitrogens with one attached hydrogen (secondary N) is 3. The molecule has 0 aliphatic heterocycles. The molecule has 3 N–H and O–H groups in total. The van der Waals surface area contributed by atoms with Crippen LogP contribution in [0.2, 0.25) is 0 Å². The van der Waals surface area contributed by atoms with E-state index in [1.54, 1.807) is 30.3 Å². The number of rotatable bonds is 7. The fraction of sp³-hybridized carbons (Fsp3) is 0.286. The van der Waals surface area contributed by atoms with Crippen molar-refractivity contribution in [1.29, 1.82) is 0 Å². The molecule has 0 aliphatic carbocycles. The minimum atomic E-state index is -0.786. The molecular formula is C14H17N3O4. The Kier molecular flexibility index (Phi) is 6.59. The van der Waals surface area contributed by atoms with Gasteiger partial charge in [0.2, 0.25) is 11.8 Å². The summed E-state index contributed by atoms with van der Waals surface area (Å²) in [6.45, 7) is 1.14. The zero-order valence-corrected chi connectivity index (χ0v) is 11.6. The van der Waals surface area contributed by atoms with Crippen LogP contribution in [0.15, 0.2) is 30.3 Å². The van der Waals surface area contributed by atoms with Crippen LogP contribution in [-0.4, -0.2) is 43.1 Å². The summed E-state index contributed by atoms with van der Waals surface area (Å²) in [5, 5.41) is 7.18. The van der Waals surface area contributed by atoms with Crippen molar-refractivity contribution in [1.82, 2.24) is 16.0 Å². The van der Waals surface area contributed by atoms with Gasteiger partial charge in [-0.25, -0.2) is 0 Å². The maximum atomic E-state index is 11.7. The number of carbonyl (C=O) groups is 4. The molecule has 0 bridgehead atoms. The molecule has 0 saturated heterocycles. The van der Waals surface area contributed by atoms with E-state index >= 15 is 0 Å². The van der Waals surface area contributed by atoms with Crippen LogP contribution in [0.5, 0.6) is 0 Å². The average Bonchev–Trinajstić information content (AvgIpc) is 2.50. The van der Waals surface area contributed by atoms with Crippen molar-refractivity contribution >= 4 is 24.0 Å². The van der Waals surface area contributed by atoms with Crippen molar-refractivity contribution in [3.05, 3.63) is 35.9 Å². The molecule has 0 heterocycles. The lowest BCUT2D eigenvalue weighted by Crippen LogP contribution is -2.48. The molecule has 7 nitrogen and oxygen atoms in total. The molecule has 1 atom stereocenters. The lowest BCUT2D eigenvalue weighted by Gasteiger charge is -2.13. The Bertz CT molecular complexity index is 516. The Morgan fingerprint density at radius 3 is 2.43 bits per heavy atom. The fourth-order valence-electron chi connectivity index (χ4n) is 1.51. The second-order valence-electron chi connectivity index (χ2n) is 4.25. The van der Waals surface area contributed by atoms with Crippen LogP contribution in [0.1, 0.15) is 17.3 Å². The van der Waals surface area contributed by atoms with Gasteiger partial charge in [0.05, 0.1) is 13.1 Å². The molecule has 1 aromatic rings. The van der Waals surface area contributed by atoms with Gasteiger partial charge < -0.3 is 20.7 Å². The van der Waals surface area contributed by atoms with Crippen LogP contribution >= 0.6 is 0 Å². The van der Waals surface area contributed by atoms with Crippen molar-refractivity contribution in [2.75, 3.05) is 13.1 Å². The Morgan fingerprint density at radius 2 is 1.81 bits per heavy atom. The summed E-state index contributed by atoms with van der Waals surface area (Å²) in [6, 6.07) is 7.68. The number of hydrogen-bond acceptors (Lipinski definition) is 4. The van der Waals surface area contributed by atoms with Gasteiger partial charge in [-0.3, -0.25) is 14.4 Å². The number of aldehydes is 1. The monoisotopic (exact) mass is 291 g/mol. The summed E-state index contributed by atoms with van der Waals surface area (Å²) in [4.78, 5) is 44.8. The van der Waals surface area contributed by atoms with E-state index in [-0.39, 0.29) is 19.0 Å². The van der Waals surface area contributed by atoms with E-state index in [4.69, 9.17) is 0 Å². The largest absolute Gasteiger partial charge is 0.348 e. The first-order valence-corrected chi connectivity index (χ1v) is 6.38. The highest BCUT2D eigenvalue weighted by Crippen LogP contribution is 1.97. The molecule has 3 amide bonds. The molecule has 1 rings (SSSR count). The molecule has 0 fully saturated rings. The van der Waals surface area contributed by atoms with Crippen molar-refractivity contribution < 1.29 is 19.2 Å². The molecular weight excluding hydrogens is 274 g/mol. The number of hydrogen-bond donors (Lipinski definition) is 3. The summed E-state index contributed by atoms with van der Waals surface area (Å²) in [6.07, 6.45) is 0.548. The van der Waals surface area contributed by atoms with Gasteiger partial charge in [-0.05, 0) is 19.1 Å². The number of carbonyl (C=O) groups excluding carboxylic acids is 4. The predicted octanol–water partition coefficient (Wildman–Crippen LogP) is -0.764. The van der Waals surface area contributed by atoms with Crippen molar-refractivity contribution in [2.45, 2.75) is 13.0 Å². The van der Waals surface area contributed by atoms with E-state index in [0.29, 0.717) is 11.8 Å². The Labute approximate surface area is 122 Å². The Morgan fingerprint density at radius 1 is 1.14 bits per heavy atom. The zero-order chi connectivity index (χ0) is 15.7. The molecule has 0 saturated carbocycles. The van der Waals surface area contributed by atoms with Crippen LogP contribution in [0.3, 0.4) is 0 Å². The molecule has 0 aromatic heterocycles. The summed E-state index contributed by atoms with van der Waals surface area (Å²) >= 11 is 0. The average molecular weight is 291 g/mol. The van der Waals surface area contributed by atoms with Crippen LogP contribution < -0.4 is 16.0 Å². The highest BCUT2D eigenvalue weighted by molar-refractivity contribution is 5.97. The molecule has 0 radical (unpaired) electrons. The predicted molar refractivity (Wildman–Crippen MR) is 75.5 cm³/mol. The Hall–Kier alpha value is -2.70. The van der Waals surface area contributed by atoms with Gasteiger partial charge in [-0.2, -0.15) is 0 Å². The standard InChI is InChI=1S/C14H17N3O4/c1-10(13(20)15-7-8-18)17-12(19)9-16-14(21)11-5-3-2-4-6-11/h2-6,8,10H,7,9H2,1H3,(H,15,20)(H,16,21)(H,17,19). The lowest BCUT2D eigenvalue weighted by molar-refractivity contribution is -0.128. The van der Waals surface area contributed by atoms with Crippen LogP contribution in [0.25, 0.3) is 0 Å². The normalized spacial score (nSPS) is 11.1. The highest BCUT2D eigenvalue weighted by Gasteiger charge is 2.15. The second kappa shape index (κ2) is 8.47. The maximum Gasteiger partial charge on any atom is 0.251 e. The van der Waals surface area contributed by atoms with E-state index in [1.807, 2.05) is 0 Å². The van der Waals surface area contributed by atoms with Crippen LogP contribution in [0.4, 0.5) is 0 Å². The number of amides is 3. The van der Waals surface area contributed by atoms with Gasteiger partial charge in [0, 0.05) is 5.56 Å². The molecule has 0 aliphatic rings. The molecule has 7 heteroatoms. The van der Waals surface area contributed by atoms with E-state index in [1.165, 1.54) is 6.92 Å². The van der Waals surface area contributed by atoms with Crippen molar-refractivity contribution in [3.63, 3.8) is 0 Å². The third-order valence-corrected chi connectivity index (χ3v) is 2.58. The SMILES string of the molecule is CC(NC(=O)CNC(=O)c1ccccc1)C(=O)NCC=O. The van der Waals surface area contributed by atoms with Crippen molar-refractivity contribution in [2.24, 2.45) is 0 Å². The smallest absolute Gasteiger partial charge is 0.251 e. The van der Waals surface area contributed by atoms with E-state index in [9.17, 15) is 19.2 Å².